The van der Waals surface area contributed by atoms with Gasteiger partial charge in [-0.05, 0) is 6.92 Å². The molecule has 4 N–H and O–H groups in total. The fraction of sp³-hybridized carbons (Fsp3) is 0.538. The Morgan fingerprint density at radius 2 is 2.07 bits per heavy atom. The van der Waals surface area contributed by atoms with Crippen LogP contribution in [0.15, 0.2) is 24.3 Å². The zero-order chi connectivity index (χ0) is 10.7. The lowest BCUT2D eigenvalue weighted by molar-refractivity contribution is -0.928. The van der Waals surface area contributed by atoms with Crippen molar-refractivity contribution in [3.8, 4) is 0 Å². The van der Waals surface area contributed by atoms with Gasteiger partial charge in [0.05, 0.1) is 6.54 Å². The summed E-state index contributed by atoms with van der Waals surface area (Å²) < 4.78 is 0. The Hall–Kier alpha value is -0.860. The number of rotatable bonds is 2. The molecular weight excluding hydrogens is 184 g/mol. The van der Waals surface area contributed by atoms with Crippen molar-refractivity contribution in [3.63, 3.8) is 0 Å². The van der Waals surface area contributed by atoms with Gasteiger partial charge in [0.2, 0.25) is 0 Å². The summed E-state index contributed by atoms with van der Waals surface area (Å²) in [5, 5.41) is 0. The minimum absolute atomic E-state index is 0.666. The van der Waals surface area contributed by atoms with Crippen molar-refractivity contribution in [2.75, 3.05) is 13.1 Å². The van der Waals surface area contributed by atoms with Crippen LogP contribution in [0, 0.1) is 6.92 Å². The second kappa shape index (κ2) is 4.77. The van der Waals surface area contributed by atoms with Crippen LogP contribution in [0.5, 0.6) is 0 Å². The summed E-state index contributed by atoms with van der Waals surface area (Å²) in [5.41, 5.74) is 6.99. The van der Waals surface area contributed by atoms with Gasteiger partial charge in [-0.3, -0.25) is 0 Å². The third kappa shape index (κ3) is 3.05. The predicted octanol–water partition coefficient (Wildman–Crippen LogP) is -0.216. The summed E-state index contributed by atoms with van der Waals surface area (Å²) >= 11 is 0. The number of quaternary nitrogens is 2. The van der Waals surface area contributed by atoms with Crippen LogP contribution in [-0.2, 0) is 6.54 Å². The van der Waals surface area contributed by atoms with E-state index >= 15 is 0 Å². The van der Waals surface area contributed by atoms with Crippen LogP contribution < -0.4 is 10.6 Å². The number of hydrogen-bond donors (Lipinski definition) is 2. The average molecular weight is 206 g/mol. The lowest BCUT2D eigenvalue weighted by atomic mass is 10.1. The largest absolute Gasteiger partial charge is 0.350 e. The molecule has 1 heterocycles. The van der Waals surface area contributed by atoms with Gasteiger partial charge in [-0.2, -0.15) is 0 Å². The number of aryl methyl sites for hydroxylation is 1. The maximum atomic E-state index is 4.18. The van der Waals surface area contributed by atoms with E-state index in [2.05, 4.69) is 36.9 Å². The zero-order valence-corrected chi connectivity index (χ0v) is 9.63. The molecule has 82 valence electrons. The van der Waals surface area contributed by atoms with E-state index < -0.39 is 0 Å². The van der Waals surface area contributed by atoms with Crippen LogP contribution >= 0.6 is 0 Å². The zero-order valence-electron chi connectivity index (χ0n) is 9.63. The third-order valence-electron chi connectivity index (χ3n) is 3.29. The molecule has 0 spiro atoms. The molecule has 0 aromatic heterocycles. The number of likely N-dealkylation sites (tertiary alicyclic amines) is 1. The molecule has 2 atom stereocenters. The van der Waals surface area contributed by atoms with Crippen molar-refractivity contribution >= 4 is 0 Å². The topological polar surface area (TPSA) is 32.1 Å². The summed E-state index contributed by atoms with van der Waals surface area (Å²) in [6.45, 7) is 5.88. The Morgan fingerprint density at radius 3 is 2.73 bits per heavy atom. The Balaban J connectivity index is 1.93. The minimum atomic E-state index is 0.666. The Kier molecular flexibility index (Phi) is 3.39. The van der Waals surface area contributed by atoms with E-state index in [1.54, 1.807) is 4.90 Å². The van der Waals surface area contributed by atoms with Crippen molar-refractivity contribution in [3.05, 3.63) is 35.4 Å². The van der Waals surface area contributed by atoms with Gasteiger partial charge in [0.1, 0.15) is 19.1 Å². The molecule has 1 aliphatic rings. The smallest absolute Gasteiger partial charge is 0.134 e. The Morgan fingerprint density at radius 1 is 1.33 bits per heavy atom. The highest BCUT2D eigenvalue weighted by Gasteiger charge is 2.22. The molecule has 2 heteroatoms. The highest BCUT2D eigenvalue weighted by molar-refractivity contribution is 5.20. The molecule has 15 heavy (non-hydrogen) atoms. The Bertz CT molecular complexity index is 305. The second-order valence-corrected chi connectivity index (χ2v) is 4.87. The summed E-state index contributed by atoms with van der Waals surface area (Å²) in [6, 6.07) is 9.60. The van der Waals surface area contributed by atoms with Crippen LogP contribution in [0.4, 0.5) is 0 Å². The molecule has 2 rings (SSSR count). The van der Waals surface area contributed by atoms with Crippen LogP contribution in [0.1, 0.15) is 24.0 Å². The van der Waals surface area contributed by atoms with E-state index in [1.807, 2.05) is 0 Å². The highest BCUT2D eigenvalue weighted by Crippen LogP contribution is 2.02. The standard InChI is InChI=1S/C13H20N2/c1-11-4-6-12(7-5-11)9-15-8-2-3-13(14)10-15/h4-7,13H,2-3,8-10,14H2,1H3/p+2. The lowest BCUT2D eigenvalue weighted by Crippen LogP contribution is -3.14. The quantitative estimate of drug-likeness (QED) is 0.671. The van der Waals surface area contributed by atoms with E-state index in [0.29, 0.717) is 6.04 Å². The summed E-state index contributed by atoms with van der Waals surface area (Å²) in [5.74, 6) is 0. The molecule has 2 nitrogen and oxygen atoms in total. The molecule has 1 fully saturated rings. The molecule has 1 aromatic carbocycles. The van der Waals surface area contributed by atoms with Crippen LogP contribution in [0.25, 0.3) is 0 Å². The van der Waals surface area contributed by atoms with Gasteiger partial charge in [-0.25, -0.2) is 0 Å². The van der Waals surface area contributed by atoms with Gasteiger partial charge in [0.15, 0.2) is 0 Å². The first-order valence-electron chi connectivity index (χ1n) is 5.96. The third-order valence-corrected chi connectivity index (χ3v) is 3.29. The predicted molar refractivity (Wildman–Crippen MR) is 61.5 cm³/mol. The first-order valence-corrected chi connectivity index (χ1v) is 5.96. The van der Waals surface area contributed by atoms with Crippen molar-refractivity contribution in [1.82, 2.24) is 0 Å². The highest BCUT2D eigenvalue weighted by atomic mass is 15.1. The molecule has 0 aliphatic carbocycles. The lowest BCUT2D eigenvalue weighted by Gasteiger charge is -2.25. The SMILES string of the molecule is Cc1ccc(C[NH+]2CCCC([NH3+])C2)cc1. The Labute approximate surface area is 92.1 Å². The fourth-order valence-corrected chi connectivity index (χ4v) is 2.41. The van der Waals surface area contributed by atoms with Crippen LogP contribution in [-0.4, -0.2) is 19.1 Å². The number of nitrogens with one attached hydrogen (secondary N) is 1. The van der Waals surface area contributed by atoms with E-state index in [-0.39, 0.29) is 0 Å². The molecule has 0 bridgehead atoms. The minimum Gasteiger partial charge on any atom is -0.350 e. The van der Waals surface area contributed by atoms with E-state index in [4.69, 9.17) is 0 Å². The molecule has 0 saturated carbocycles. The van der Waals surface area contributed by atoms with Crippen LogP contribution in [0.2, 0.25) is 0 Å². The van der Waals surface area contributed by atoms with Gasteiger partial charge in [-0.1, -0.05) is 29.8 Å². The number of benzene rings is 1. The monoisotopic (exact) mass is 206 g/mol. The van der Waals surface area contributed by atoms with E-state index in [9.17, 15) is 0 Å². The van der Waals surface area contributed by atoms with Gasteiger partial charge in [0.25, 0.3) is 0 Å². The second-order valence-electron chi connectivity index (χ2n) is 4.87. The summed E-state index contributed by atoms with van der Waals surface area (Å²) in [7, 11) is 0. The molecular formula is C13H22N2+2. The molecule has 0 radical (unpaired) electrons. The molecule has 0 amide bonds. The normalized spacial score (nSPS) is 26.5. The van der Waals surface area contributed by atoms with Gasteiger partial charge in [0, 0.05) is 18.4 Å². The van der Waals surface area contributed by atoms with Crippen molar-refractivity contribution in [2.24, 2.45) is 0 Å². The number of piperidine rings is 1. The maximum absolute atomic E-state index is 4.18. The van der Waals surface area contributed by atoms with E-state index in [1.165, 1.54) is 43.6 Å². The van der Waals surface area contributed by atoms with Crippen molar-refractivity contribution < 1.29 is 10.6 Å². The van der Waals surface area contributed by atoms with Crippen molar-refractivity contribution in [2.45, 2.75) is 32.4 Å². The molecule has 1 aliphatic heterocycles. The van der Waals surface area contributed by atoms with Crippen molar-refractivity contribution in [1.29, 1.82) is 0 Å². The first-order chi connectivity index (χ1) is 7.24. The summed E-state index contributed by atoms with van der Waals surface area (Å²) in [4.78, 5) is 1.70. The van der Waals surface area contributed by atoms with Gasteiger partial charge < -0.3 is 10.6 Å². The number of hydrogen-bond acceptors (Lipinski definition) is 0. The molecule has 2 unspecified atom stereocenters. The molecule has 1 aromatic rings. The van der Waals surface area contributed by atoms with E-state index in [0.717, 1.165) is 0 Å². The fourth-order valence-electron chi connectivity index (χ4n) is 2.41. The molecule has 1 saturated heterocycles. The summed E-state index contributed by atoms with van der Waals surface area (Å²) in [6.07, 6.45) is 2.66. The average Bonchev–Trinajstić information content (AvgIpc) is 2.22. The van der Waals surface area contributed by atoms with Gasteiger partial charge >= 0.3 is 0 Å². The maximum Gasteiger partial charge on any atom is 0.134 e. The van der Waals surface area contributed by atoms with Crippen LogP contribution in [0.3, 0.4) is 0 Å². The first kappa shape index (κ1) is 10.7. The van der Waals surface area contributed by atoms with Gasteiger partial charge in [-0.15, -0.1) is 0 Å².